The summed E-state index contributed by atoms with van der Waals surface area (Å²) in [6.45, 7) is 3.66. The van der Waals surface area contributed by atoms with Gasteiger partial charge in [-0.3, -0.25) is 4.79 Å². The molecule has 0 saturated carbocycles. The van der Waals surface area contributed by atoms with Gasteiger partial charge in [-0.05, 0) is 13.8 Å². The zero-order chi connectivity index (χ0) is 8.85. The molecule has 0 saturated heterocycles. The van der Waals surface area contributed by atoms with Crippen molar-refractivity contribution in [2.45, 2.75) is 26.0 Å². The molecule has 11 heavy (non-hydrogen) atoms. The van der Waals surface area contributed by atoms with Crippen molar-refractivity contribution in [3.8, 4) is 0 Å². The van der Waals surface area contributed by atoms with Gasteiger partial charge >= 0.3 is 5.97 Å². The van der Waals surface area contributed by atoms with E-state index in [0.29, 0.717) is 0 Å². The number of esters is 1. The molecule has 0 amide bonds. The van der Waals surface area contributed by atoms with Crippen LogP contribution in [0.1, 0.15) is 13.8 Å². The smallest absolute Gasteiger partial charge is 0.322 e. The van der Waals surface area contributed by atoms with Crippen LogP contribution >= 0.6 is 0 Å². The lowest BCUT2D eigenvalue weighted by Gasteiger charge is -2.11. The predicted molar refractivity (Wildman–Crippen MR) is 41.1 cm³/mol. The van der Waals surface area contributed by atoms with E-state index in [0.717, 1.165) is 0 Å². The molecular weight excluding hydrogens is 146 g/mol. The van der Waals surface area contributed by atoms with Gasteiger partial charge < -0.3 is 15.2 Å². The third kappa shape index (κ3) is 4.75. The van der Waals surface area contributed by atoms with E-state index in [1.54, 1.807) is 14.0 Å². The first-order chi connectivity index (χ1) is 5.07. The average molecular weight is 161 g/mol. The minimum atomic E-state index is -0.556. The highest BCUT2D eigenvalue weighted by Gasteiger charge is 2.09. The zero-order valence-corrected chi connectivity index (χ0v) is 7.16. The second-order valence-corrected chi connectivity index (χ2v) is 2.47. The summed E-state index contributed by atoms with van der Waals surface area (Å²) in [7, 11) is 1.56. The Balaban J connectivity index is 3.46. The number of carbonyl (C=O) groups is 1. The van der Waals surface area contributed by atoms with Gasteiger partial charge in [0.15, 0.2) is 0 Å². The summed E-state index contributed by atoms with van der Waals surface area (Å²) in [4.78, 5) is 10.8. The van der Waals surface area contributed by atoms with Gasteiger partial charge in [0, 0.05) is 7.11 Å². The van der Waals surface area contributed by atoms with Crippen LogP contribution in [0.3, 0.4) is 0 Å². The standard InChI is InChI=1S/C7H15NO3/c1-5(10-3)4-11-7(9)6(2)8/h5-6H,4,8H2,1-3H3/t5-,6-/m0/s1. The van der Waals surface area contributed by atoms with Crippen LogP contribution in [-0.2, 0) is 14.3 Å². The van der Waals surface area contributed by atoms with Gasteiger partial charge in [0.2, 0.25) is 0 Å². The first kappa shape index (κ1) is 10.4. The normalized spacial score (nSPS) is 15.6. The van der Waals surface area contributed by atoms with E-state index in [9.17, 15) is 4.79 Å². The highest BCUT2D eigenvalue weighted by Crippen LogP contribution is 1.91. The maximum Gasteiger partial charge on any atom is 0.322 e. The van der Waals surface area contributed by atoms with Crippen molar-refractivity contribution in [3.05, 3.63) is 0 Å². The molecule has 0 rings (SSSR count). The summed E-state index contributed by atoms with van der Waals surface area (Å²) in [5.41, 5.74) is 5.25. The molecule has 0 aromatic rings. The van der Waals surface area contributed by atoms with Gasteiger partial charge in [0.05, 0.1) is 6.10 Å². The molecule has 0 aliphatic carbocycles. The van der Waals surface area contributed by atoms with Crippen molar-refractivity contribution in [3.63, 3.8) is 0 Å². The number of ether oxygens (including phenoxy) is 2. The Morgan fingerprint density at radius 2 is 2.09 bits per heavy atom. The summed E-state index contributed by atoms with van der Waals surface area (Å²) in [6, 6.07) is -0.556. The van der Waals surface area contributed by atoms with Crippen LogP contribution in [0.25, 0.3) is 0 Å². The van der Waals surface area contributed by atoms with Crippen LogP contribution in [-0.4, -0.2) is 31.8 Å². The molecule has 0 heterocycles. The molecule has 2 N–H and O–H groups in total. The van der Waals surface area contributed by atoms with Crippen molar-refractivity contribution in [2.24, 2.45) is 5.73 Å². The molecule has 0 aliphatic heterocycles. The molecule has 0 unspecified atom stereocenters. The molecule has 0 bridgehead atoms. The summed E-state index contributed by atoms with van der Waals surface area (Å²) >= 11 is 0. The largest absolute Gasteiger partial charge is 0.462 e. The lowest BCUT2D eigenvalue weighted by Crippen LogP contribution is -2.31. The van der Waals surface area contributed by atoms with E-state index in [4.69, 9.17) is 15.2 Å². The van der Waals surface area contributed by atoms with Crippen molar-refractivity contribution in [1.82, 2.24) is 0 Å². The maximum atomic E-state index is 10.8. The Kier molecular flexibility index (Phi) is 4.81. The fourth-order valence-electron chi connectivity index (χ4n) is 0.399. The van der Waals surface area contributed by atoms with E-state index in [-0.39, 0.29) is 12.7 Å². The molecule has 0 radical (unpaired) electrons. The fraction of sp³-hybridized carbons (Fsp3) is 0.857. The molecular formula is C7H15NO3. The number of hydrogen-bond donors (Lipinski definition) is 1. The molecule has 4 nitrogen and oxygen atoms in total. The van der Waals surface area contributed by atoms with Crippen molar-refractivity contribution in [2.75, 3.05) is 13.7 Å². The summed E-state index contributed by atoms with van der Waals surface area (Å²) in [5, 5.41) is 0. The molecule has 0 aromatic heterocycles. The van der Waals surface area contributed by atoms with Gasteiger partial charge in [0.25, 0.3) is 0 Å². The first-order valence-electron chi connectivity index (χ1n) is 3.53. The van der Waals surface area contributed by atoms with E-state index < -0.39 is 12.0 Å². The number of methoxy groups -OCH3 is 1. The molecule has 0 fully saturated rings. The van der Waals surface area contributed by atoms with E-state index >= 15 is 0 Å². The second kappa shape index (κ2) is 5.09. The van der Waals surface area contributed by atoms with Crippen LogP contribution < -0.4 is 5.73 Å². The molecule has 0 aromatic carbocycles. The Bertz CT molecular complexity index is 125. The maximum absolute atomic E-state index is 10.8. The van der Waals surface area contributed by atoms with Gasteiger partial charge in [-0.2, -0.15) is 0 Å². The van der Waals surface area contributed by atoms with Crippen LogP contribution in [0, 0.1) is 0 Å². The summed E-state index contributed by atoms with van der Waals surface area (Å²) in [6.07, 6.45) is -0.0716. The van der Waals surface area contributed by atoms with Gasteiger partial charge in [-0.1, -0.05) is 0 Å². The van der Waals surface area contributed by atoms with E-state index in [1.807, 2.05) is 6.92 Å². The molecule has 66 valence electrons. The Morgan fingerprint density at radius 1 is 1.55 bits per heavy atom. The monoisotopic (exact) mass is 161 g/mol. The van der Waals surface area contributed by atoms with Crippen LogP contribution in [0.15, 0.2) is 0 Å². The molecule has 0 spiro atoms. The number of carbonyl (C=O) groups excluding carboxylic acids is 1. The quantitative estimate of drug-likeness (QED) is 0.585. The zero-order valence-electron chi connectivity index (χ0n) is 7.16. The third-order valence-corrected chi connectivity index (χ3v) is 1.23. The van der Waals surface area contributed by atoms with Crippen LogP contribution in [0.2, 0.25) is 0 Å². The van der Waals surface area contributed by atoms with Crippen molar-refractivity contribution >= 4 is 5.97 Å². The molecule has 0 aliphatic rings. The van der Waals surface area contributed by atoms with Crippen molar-refractivity contribution in [1.29, 1.82) is 0 Å². The highest BCUT2D eigenvalue weighted by molar-refractivity contribution is 5.74. The summed E-state index contributed by atoms with van der Waals surface area (Å²) in [5.74, 6) is -0.395. The average Bonchev–Trinajstić information content (AvgIpc) is 1.99. The van der Waals surface area contributed by atoms with E-state index in [2.05, 4.69) is 0 Å². The number of rotatable bonds is 4. The number of nitrogens with two attached hydrogens (primary N) is 1. The first-order valence-corrected chi connectivity index (χ1v) is 3.53. The van der Waals surface area contributed by atoms with Crippen LogP contribution in [0.4, 0.5) is 0 Å². The Morgan fingerprint density at radius 3 is 2.45 bits per heavy atom. The van der Waals surface area contributed by atoms with Crippen LogP contribution in [0.5, 0.6) is 0 Å². The minimum absolute atomic E-state index is 0.0716. The fourth-order valence-corrected chi connectivity index (χ4v) is 0.399. The second-order valence-electron chi connectivity index (χ2n) is 2.47. The molecule has 2 atom stereocenters. The summed E-state index contributed by atoms with van der Waals surface area (Å²) < 4.78 is 9.63. The third-order valence-electron chi connectivity index (χ3n) is 1.23. The minimum Gasteiger partial charge on any atom is -0.462 e. The molecule has 4 heteroatoms. The lowest BCUT2D eigenvalue weighted by molar-refractivity contribution is -0.147. The topological polar surface area (TPSA) is 61.5 Å². The van der Waals surface area contributed by atoms with E-state index in [1.165, 1.54) is 0 Å². The Labute approximate surface area is 66.7 Å². The van der Waals surface area contributed by atoms with Gasteiger partial charge in [-0.15, -0.1) is 0 Å². The van der Waals surface area contributed by atoms with Crippen molar-refractivity contribution < 1.29 is 14.3 Å². The lowest BCUT2D eigenvalue weighted by atomic mass is 10.4. The van der Waals surface area contributed by atoms with Gasteiger partial charge in [0.1, 0.15) is 12.6 Å². The van der Waals surface area contributed by atoms with Gasteiger partial charge in [-0.25, -0.2) is 0 Å². The predicted octanol–water partition coefficient (Wildman–Crippen LogP) is -0.0883. The Hall–Kier alpha value is -0.610. The highest BCUT2D eigenvalue weighted by atomic mass is 16.6. The number of hydrogen-bond acceptors (Lipinski definition) is 4. The SMILES string of the molecule is CO[C@@H](C)COC(=O)[C@H](C)N.